The molecule has 1 unspecified atom stereocenters. The minimum atomic E-state index is -1.15. The second kappa shape index (κ2) is 4.93. The fraction of sp³-hybridized carbons (Fsp3) is 0.125. The molecule has 0 saturated heterocycles. The number of benzene rings is 2. The number of aliphatic hydroxyl groups is 1. The van der Waals surface area contributed by atoms with Crippen LogP contribution in [0, 0.1) is 12.7 Å². The number of furan rings is 1. The summed E-state index contributed by atoms with van der Waals surface area (Å²) in [5.74, 6) is -0.238. The number of fused-ring (bicyclic) bond motifs is 1. The molecule has 0 saturated carbocycles. The predicted octanol–water partition coefficient (Wildman–Crippen LogP) is 4.62. The molecular weight excluding hydrogens is 279 g/mol. The smallest absolute Gasteiger partial charge is 0.139 e. The standard InChI is InChI=1S/C16H12ClFO2/c1-9-3-2-4-10-7-14(20-16(9)10)15(19)12-6-5-11(17)8-13(12)18/h2-8,15,19H,1H3. The van der Waals surface area contributed by atoms with Crippen LogP contribution >= 0.6 is 11.6 Å². The van der Waals surface area contributed by atoms with E-state index in [4.69, 9.17) is 16.0 Å². The van der Waals surface area contributed by atoms with Crippen molar-refractivity contribution in [2.45, 2.75) is 13.0 Å². The van der Waals surface area contributed by atoms with E-state index in [-0.39, 0.29) is 5.56 Å². The minimum Gasteiger partial charge on any atom is -0.458 e. The van der Waals surface area contributed by atoms with Gasteiger partial charge in [0.2, 0.25) is 0 Å². The maximum absolute atomic E-state index is 13.8. The molecule has 1 heterocycles. The first-order valence-corrected chi connectivity index (χ1v) is 6.56. The van der Waals surface area contributed by atoms with Gasteiger partial charge in [0.05, 0.1) is 0 Å². The lowest BCUT2D eigenvalue weighted by Gasteiger charge is -2.09. The van der Waals surface area contributed by atoms with Gasteiger partial charge >= 0.3 is 0 Å². The fourth-order valence-corrected chi connectivity index (χ4v) is 2.40. The second-order valence-electron chi connectivity index (χ2n) is 4.71. The van der Waals surface area contributed by atoms with Gasteiger partial charge in [-0.05, 0) is 30.7 Å². The summed E-state index contributed by atoms with van der Waals surface area (Å²) in [5, 5.41) is 11.5. The Bertz CT molecular complexity index is 779. The van der Waals surface area contributed by atoms with Crippen LogP contribution < -0.4 is 0 Å². The SMILES string of the molecule is Cc1cccc2cc(C(O)c3ccc(Cl)cc3F)oc12. The summed E-state index contributed by atoms with van der Waals surface area (Å²) in [5.41, 5.74) is 1.82. The average molecular weight is 291 g/mol. The molecule has 0 amide bonds. The quantitative estimate of drug-likeness (QED) is 0.747. The number of halogens is 2. The minimum absolute atomic E-state index is 0.145. The van der Waals surface area contributed by atoms with Crippen LogP contribution in [0.15, 0.2) is 46.9 Å². The molecule has 0 aliphatic heterocycles. The number of para-hydroxylation sites is 1. The molecule has 2 nitrogen and oxygen atoms in total. The van der Waals surface area contributed by atoms with Crippen LogP contribution in [0.1, 0.15) is 23.0 Å². The van der Waals surface area contributed by atoms with Crippen molar-refractivity contribution in [3.63, 3.8) is 0 Å². The number of hydrogen-bond donors (Lipinski definition) is 1. The zero-order valence-corrected chi connectivity index (χ0v) is 11.5. The maximum atomic E-state index is 13.8. The number of aryl methyl sites for hydroxylation is 1. The first-order chi connectivity index (χ1) is 9.56. The van der Waals surface area contributed by atoms with Crippen molar-refractivity contribution in [1.82, 2.24) is 0 Å². The van der Waals surface area contributed by atoms with E-state index in [1.807, 2.05) is 25.1 Å². The highest BCUT2D eigenvalue weighted by Gasteiger charge is 2.19. The van der Waals surface area contributed by atoms with E-state index in [0.717, 1.165) is 10.9 Å². The Morgan fingerprint density at radius 1 is 1.20 bits per heavy atom. The van der Waals surface area contributed by atoms with Crippen LogP contribution in [-0.2, 0) is 0 Å². The van der Waals surface area contributed by atoms with Gasteiger partial charge in [0.1, 0.15) is 23.3 Å². The Morgan fingerprint density at radius 3 is 2.70 bits per heavy atom. The van der Waals surface area contributed by atoms with Gasteiger partial charge in [-0.15, -0.1) is 0 Å². The first-order valence-electron chi connectivity index (χ1n) is 6.18. The molecule has 0 fully saturated rings. The van der Waals surface area contributed by atoms with Crippen molar-refractivity contribution in [2.24, 2.45) is 0 Å². The lowest BCUT2D eigenvalue weighted by Crippen LogP contribution is -2.01. The largest absolute Gasteiger partial charge is 0.458 e. The van der Waals surface area contributed by atoms with Crippen LogP contribution in [0.25, 0.3) is 11.0 Å². The molecule has 2 aromatic carbocycles. The van der Waals surface area contributed by atoms with Gasteiger partial charge < -0.3 is 9.52 Å². The molecule has 0 spiro atoms. The van der Waals surface area contributed by atoms with Crippen LogP contribution in [-0.4, -0.2) is 5.11 Å². The van der Waals surface area contributed by atoms with Crippen LogP contribution in [0.5, 0.6) is 0 Å². The summed E-state index contributed by atoms with van der Waals surface area (Å²) < 4.78 is 19.5. The van der Waals surface area contributed by atoms with Crippen molar-refractivity contribution in [2.75, 3.05) is 0 Å². The van der Waals surface area contributed by atoms with Crippen molar-refractivity contribution in [3.05, 3.63) is 70.2 Å². The van der Waals surface area contributed by atoms with Crippen molar-refractivity contribution in [3.8, 4) is 0 Å². The van der Waals surface area contributed by atoms with E-state index in [2.05, 4.69) is 0 Å². The summed E-state index contributed by atoms with van der Waals surface area (Å²) in [4.78, 5) is 0. The molecular formula is C16H12ClFO2. The Kier molecular flexibility index (Phi) is 3.24. The zero-order chi connectivity index (χ0) is 14.3. The zero-order valence-electron chi connectivity index (χ0n) is 10.7. The van der Waals surface area contributed by atoms with Crippen molar-refractivity contribution >= 4 is 22.6 Å². The van der Waals surface area contributed by atoms with Crippen LogP contribution in [0.4, 0.5) is 4.39 Å². The molecule has 4 heteroatoms. The second-order valence-corrected chi connectivity index (χ2v) is 5.15. The third-order valence-corrected chi connectivity index (χ3v) is 3.52. The molecule has 1 atom stereocenters. The Hall–Kier alpha value is -1.84. The third-order valence-electron chi connectivity index (χ3n) is 3.29. The number of aliphatic hydroxyl groups excluding tert-OH is 1. The third kappa shape index (κ3) is 2.19. The maximum Gasteiger partial charge on any atom is 0.139 e. The molecule has 0 aliphatic rings. The highest BCUT2D eigenvalue weighted by atomic mass is 35.5. The molecule has 0 bridgehead atoms. The lowest BCUT2D eigenvalue weighted by molar-refractivity contribution is 0.187. The van der Waals surface area contributed by atoms with E-state index in [1.54, 1.807) is 6.07 Å². The first kappa shape index (κ1) is 13.2. The molecule has 1 aromatic heterocycles. The highest BCUT2D eigenvalue weighted by molar-refractivity contribution is 6.30. The van der Waals surface area contributed by atoms with Gasteiger partial charge in [-0.3, -0.25) is 0 Å². The molecule has 1 N–H and O–H groups in total. The fourth-order valence-electron chi connectivity index (χ4n) is 2.24. The van der Waals surface area contributed by atoms with E-state index in [9.17, 15) is 9.50 Å². The summed E-state index contributed by atoms with van der Waals surface area (Å²) in [7, 11) is 0. The van der Waals surface area contributed by atoms with Gasteiger partial charge in [-0.1, -0.05) is 35.9 Å². The monoisotopic (exact) mass is 290 g/mol. The Morgan fingerprint density at radius 2 is 2.00 bits per heavy atom. The lowest BCUT2D eigenvalue weighted by atomic mass is 10.1. The van der Waals surface area contributed by atoms with Crippen molar-refractivity contribution in [1.29, 1.82) is 0 Å². The van der Waals surface area contributed by atoms with E-state index < -0.39 is 11.9 Å². The van der Waals surface area contributed by atoms with Gasteiger partial charge in [0, 0.05) is 16.0 Å². The molecule has 102 valence electrons. The number of rotatable bonds is 2. The normalized spacial score (nSPS) is 12.8. The van der Waals surface area contributed by atoms with Gasteiger partial charge in [0.15, 0.2) is 0 Å². The molecule has 3 aromatic rings. The van der Waals surface area contributed by atoms with E-state index in [0.29, 0.717) is 16.4 Å². The van der Waals surface area contributed by atoms with Gasteiger partial charge in [-0.25, -0.2) is 4.39 Å². The Balaban J connectivity index is 2.08. The van der Waals surface area contributed by atoms with Crippen LogP contribution in [0.2, 0.25) is 5.02 Å². The Labute approximate surface area is 120 Å². The molecule has 20 heavy (non-hydrogen) atoms. The molecule has 0 radical (unpaired) electrons. The number of hydrogen-bond acceptors (Lipinski definition) is 2. The summed E-state index contributed by atoms with van der Waals surface area (Å²) in [6, 6.07) is 11.6. The van der Waals surface area contributed by atoms with Crippen molar-refractivity contribution < 1.29 is 13.9 Å². The van der Waals surface area contributed by atoms with Gasteiger partial charge in [-0.2, -0.15) is 0 Å². The van der Waals surface area contributed by atoms with Gasteiger partial charge in [0.25, 0.3) is 0 Å². The summed E-state index contributed by atoms with van der Waals surface area (Å²) in [6.45, 7) is 1.92. The summed E-state index contributed by atoms with van der Waals surface area (Å²) >= 11 is 5.71. The summed E-state index contributed by atoms with van der Waals surface area (Å²) in [6.07, 6.45) is -1.15. The average Bonchev–Trinajstić information content (AvgIpc) is 2.83. The van der Waals surface area contributed by atoms with Crippen LogP contribution in [0.3, 0.4) is 0 Å². The van der Waals surface area contributed by atoms with E-state index in [1.165, 1.54) is 18.2 Å². The molecule has 0 aliphatic carbocycles. The topological polar surface area (TPSA) is 33.4 Å². The van der Waals surface area contributed by atoms with E-state index >= 15 is 0 Å². The molecule has 3 rings (SSSR count). The predicted molar refractivity (Wildman–Crippen MR) is 76.4 cm³/mol. The highest BCUT2D eigenvalue weighted by Crippen LogP contribution is 2.31.